The Morgan fingerprint density at radius 1 is 0.889 bits per heavy atom. The van der Waals surface area contributed by atoms with Gasteiger partial charge in [-0.2, -0.15) is 0 Å². The molecular weight excluding hydrogens is 478 g/mol. The normalized spacial score (nSPS) is 14.9. The molecule has 14 nitrogen and oxygen atoms in total. The third-order valence-corrected chi connectivity index (χ3v) is 5.00. The van der Waals surface area contributed by atoms with Gasteiger partial charge < -0.3 is 42.7 Å². The summed E-state index contributed by atoms with van der Waals surface area (Å²) < 4.78 is 0. The van der Waals surface area contributed by atoms with Gasteiger partial charge in [-0.1, -0.05) is 30.3 Å². The molecule has 0 saturated carbocycles. The van der Waals surface area contributed by atoms with E-state index in [0.29, 0.717) is 5.56 Å². The molecule has 5 unspecified atom stereocenters. The van der Waals surface area contributed by atoms with Crippen LogP contribution in [0.5, 0.6) is 0 Å². The van der Waals surface area contributed by atoms with E-state index < -0.39 is 72.3 Å². The first-order valence-corrected chi connectivity index (χ1v) is 10.9. The van der Waals surface area contributed by atoms with E-state index in [0.717, 1.165) is 6.92 Å². The smallest absolute Gasteiger partial charge is 0.326 e. The van der Waals surface area contributed by atoms with Gasteiger partial charge in [-0.15, -0.1) is 0 Å². The lowest BCUT2D eigenvalue weighted by atomic mass is 10.0. The fourth-order valence-corrected chi connectivity index (χ4v) is 3.09. The summed E-state index contributed by atoms with van der Waals surface area (Å²) in [4.78, 5) is 71.5. The van der Waals surface area contributed by atoms with Crippen molar-refractivity contribution in [3.05, 3.63) is 35.9 Å². The van der Waals surface area contributed by atoms with Crippen molar-refractivity contribution in [2.45, 2.75) is 62.9 Å². The van der Waals surface area contributed by atoms with E-state index in [9.17, 15) is 39.0 Å². The summed E-state index contributed by atoms with van der Waals surface area (Å²) in [7, 11) is 0. The fourth-order valence-electron chi connectivity index (χ4n) is 3.09. The molecule has 10 N–H and O–H groups in total. The fraction of sp³-hybridized carbons (Fsp3) is 0.455. The highest BCUT2D eigenvalue weighted by atomic mass is 16.4. The van der Waals surface area contributed by atoms with Crippen LogP contribution in [0, 0.1) is 0 Å². The van der Waals surface area contributed by atoms with Gasteiger partial charge in [0, 0.05) is 12.8 Å². The van der Waals surface area contributed by atoms with Crippen molar-refractivity contribution in [1.82, 2.24) is 16.0 Å². The zero-order chi connectivity index (χ0) is 27.4. The number of carbonyl (C=O) groups is 6. The predicted octanol–water partition coefficient (Wildman–Crippen LogP) is -2.78. The zero-order valence-corrected chi connectivity index (χ0v) is 19.5. The second-order valence-corrected chi connectivity index (χ2v) is 8.09. The van der Waals surface area contributed by atoms with Gasteiger partial charge in [-0.25, -0.2) is 4.79 Å². The Kier molecular flexibility index (Phi) is 12.0. The topological polar surface area (TPSA) is 251 Å². The molecule has 0 bridgehead atoms. The van der Waals surface area contributed by atoms with Gasteiger partial charge in [0.25, 0.3) is 0 Å². The van der Waals surface area contributed by atoms with E-state index >= 15 is 0 Å². The molecule has 0 aliphatic carbocycles. The molecule has 1 rings (SSSR count). The SMILES string of the molecule is CC(O)C(NC(=O)C(N)CC(=O)O)C(=O)NC(CCC(N)=O)C(=O)NC(Cc1ccccc1)C(=O)O. The Bertz CT molecular complexity index is 954. The molecule has 0 heterocycles. The van der Waals surface area contributed by atoms with E-state index in [1.165, 1.54) is 0 Å². The Labute approximate surface area is 206 Å². The minimum absolute atomic E-state index is 0.0633. The lowest BCUT2D eigenvalue weighted by molar-refractivity contribution is -0.142. The van der Waals surface area contributed by atoms with Gasteiger partial charge in [-0.3, -0.25) is 24.0 Å². The maximum absolute atomic E-state index is 12.9. The van der Waals surface area contributed by atoms with Crippen LogP contribution in [0.15, 0.2) is 30.3 Å². The van der Waals surface area contributed by atoms with Crippen molar-refractivity contribution in [1.29, 1.82) is 0 Å². The van der Waals surface area contributed by atoms with Crippen LogP contribution in [0.2, 0.25) is 0 Å². The molecule has 14 heteroatoms. The van der Waals surface area contributed by atoms with E-state index in [1.54, 1.807) is 30.3 Å². The molecule has 36 heavy (non-hydrogen) atoms. The van der Waals surface area contributed by atoms with E-state index in [2.05, 4.69) is 16.0 Å². The zero-order valence-electron chi connectivity index (χ0n) is 19.5. The molecule has 1 aromatic rings. The second kappa shape index (κ2) is 14.4. The number of carboxylic acids is 2. The van der Waals surface area contributed by atoms with Crippen LogP contribution >= 0.6 is 0 Å². The number of carboxylic acid groups (broad SMARTS) is 2. The molecule has 198 valence electrons. The average molecular weight is 510 g/mol. The summed E-state index contributed by atoms with van der Waals surface area (Å²) in [6.45, 7) is 1.16. The Hall–Kier alpha value is -4.04. The maximum Gasteiger partial charge on any atom is 0.326 e. The number of aliphatic hydroxyl groups is 1. The number of aliphatic carboxylic acids is 2. The first-order valence-electron chi connectivity index (χ1n) is 10.9. The average Bonchev–Trinajstić information content (AvgIpc) is 2.78. The van der Waals surface area contributed by atoms with Crippen LogP contribution in [-0.4, -0.2) is 81.2 Å². The number of carbonyl (C=O) groups excluding carboxylic acids is 4. The summed E-state index contributed by atoms with van der Waals surface area (Å²) in [6, 6.07) is 2.48. The first-order chi connectivity index (χ1) is 16.8. The van der Waals surface area contributed by atoms with Gasteiger partial charge >= 0.3 is 11.9 Å². The molecule has 0 aliphatic rings. The molecule has 0 fully saturated rings. The summed E-state index contributed by atoms with van der Waals surface area (Å²) >= 11 is 0. The number of primary amides is 1. The number of nitrogens with two attached hydrogens (primary N) is 2. The summed E-state index contributed by atoms with van der Waals surface area (Å²) in [6.07, 6.45) is -2.93. The highest BCUT2D eigenvalue weighted by Gasteiger charge is 2.33. The van der Waals surface area contributed by atoms with Crippen molar-refractivity contribution in [2.24, 2.45) is 11.5 Å². The van der Waals surface area contributed by atoms with Crippen LogP contribution in [0.3, 0.4) is 0 Å². The first kappa shape index (κ1) is 30.0. The van der Waals surface area contributed by atoms with Gasteiger partial charge in [0.15, 0.2) is 0 Å². The molecule has 0 aliphatic heterocycles. The molecular formula is C22H31N5O9. The highest BCUT2D eigenvalue weighted by molar-refractivity contribution is 5.95. The van der Waals surface area contributed by atoms with Crippen LogP contribution in [0.4, 0.5) is 0 Å². The maximum atomic E-state index is 12.9. The number of aliphatic hydroxyl groups excluding tert-OH is 1. The van der Waals surface area contributed by atoms with Crippen molar-refractivity contribution >= 4 is 35.6 Å². The van der Waals surface area contributed by atoms with Crippen LogP contribution in [-0.2, 0) is 35.2 Å². The Morgan fingerprint density at radius 2 is 1.47 bits per heavy atom. The lowest BCUT2D eigenvalue weighted by Gasteiger charge is -2.26. The largest absolute Gasteiger partial charge is 0.481 e. The number of rotatable bonds is 15. The minimum Gasteiger partial charge on any atom is -0.481 e. The third kappa shape index (κ3) is 10.5. The molecule has 0 radical (unpaired) electrons. The minimum atomic E-state index is -1.64. The van der Waals surface area contributed by atoms with Crippen molar-refractivity contribution in [2.75, 3.05) is 0 Å². The predicted molar refractivity (Wildman–Crippen MR) is 124 cm³/mol. The molecule has 1 aromatic carbocycles. The highest BCUT2D eigenvalue weighted by Crippen LogP contribution is 2.06. The summed E-state index contributed by atoms with van der Waals surface area (Å²) in [5.74, 6) is -6.52. The summed E-state index contributed by atoms with van der Waals surface area (Å²) in [5, 5.41) is 34.9. The Balaban J connectivity index is 3.01. The second-order valence-electron chi connectivity index (χ2n) is 8.09. The van der Waals surface area contributed by atoms with Crippen LogP contribution < -0.4 is 27.4 Å². The van der Waals surface area contributed by atoms with Crippen LogP contribution in [0.25, 0.3) is 0 Å². The third-order valence-electron chi connectivity index (χ3n) is 5.00. The molecule has 5 atom stereocenters. The standard InChI is InChI=1S/C22H31N5O9/c1-11(28)18(27-19(32)13(23)10-17(30)31)21(34)25-14(7-8-16(24)29)20(33)26-15(22(35)36)9-12-5-3-2-4-6-12/h2-6,11,13-15,18,28H,7-10,23H2,1H3,(H2,24,29)(H,25,34)(H,26,33)(H,27,32)(H,30,31)(H,35,36). The van der Waals surface area contributed by atoms with E-state index in [-0.39, 0.29) is 19.3 Å². The van der Waals surface area contributed by atoms with E-state index in [4.69, 9.17) is 16.6 Å². The summed E-state index contributed by atoms with van der Waals surface area (Å²) in [5.41, 5.74) is 11.2. The lowest BCUT2D eigenvalue weighted by Crippen LogP contribution is -2.60. The van der Waals surface area contributed by atoms with Gasteiger partial charge in [-0.05, 0) is 18.9 Å². The van der Waals surface area contributed by atoms with Gasteiger partial charge in [0.2, 0.25) is 23.6 Å². The quantitative estimate of drug-likeness (QED) is 0.121. The van der Waals surface area contributed by atoms with E-state index in [1.807, 2.05) is 0 Å². The van der Waals surface area contributed by atoms with Crippen LogP contribution in [0.1, 0.15) is 31.7 Å². The van der Waals surface area contributed by atoms with Gasteiger partial charge in [0.1, 0.15) is 18.1 Å². The molecule has 0 spiro atoms. The number of nitrogens with one attached hydrogen (secondary N) is 3. The number of hydrogen-bond donors (Lipinski definition) is 8. The molecule has 0 saturated heterocycles. The van der Waals surface area contributed by atoms with Gasteiger partial charge in [0.05, 0.1) is 18.6 Å². The number of benzene rings is 1. The molecule has 0 aromatic heterocycles. The number of amides is 4. The van der Waals surface area contributed by atoms with Crippen molar-refractivity contribution < 1.29 is 44.1 Å². The Morgan fingerprint density at radius 3 is 1.97 bits per heavy atom. The van der Waals surface area contributed by atoms with Crippen molar-refractivity contribution in [3.8, 4) is 0 Å². The number of hydrogen-bond acceptors (Lipinski definition) is 8. The monoisotopic (exact) mass is 509 g/mol. The molecule has 4 amide bonds. The van der Waals surface area contributed by atoms with Crippen molar-refractivity contribution in [3.63, 3.8) is 0 Å².